The number of amides is 2. The second kappa shape index (κ2) is 7.79. The molecule has 0 saturated carbocycles. The molecule has 126 valence electrons. The monoisotopic (exact) mass is 317 g/mol. The van der Waals surface area contributed by atoms with Crippen LogP contribution in [0.15, 0.2) is 24.3 Å². The smallest absolute Gasteiger partial charge is 0.321 e. The predicted molar refractivity (Wildman–Crippen MR) is 91.8 cm³/mol. The number of benzene rings is 1. The van der Waals surface area contributed by atoms with Gasteiger partial charge in [0.1, 0.15) is 0 Å². The zero-order valence-corrected chi connectivity index (χ0v) is 14.0. The number of likely N-dealkylation sites (tertiary alicyclic amines) is 1. The van der Waals surface area contributed by atoms with Gasteiger partial charge in [-0.15, -0.1) is 0 Å². The van der Waals surface area contributed by atoms with Crippen molar-refractivity contribution in [2.45, 2.75) is 19.8 Å². The van der Waals surface area contributed by atoms with E-state index in [0.29, 0.717) is 5.92 Å². The van der Waals surface area contributed by atoms with E-state index >= 15 is 0 Å². The van der Waals surface area contributed by atoms with Gasteiger partial charge in [0.05, 0.1) is 13.2 Å². The summed E-state index contributed by atoms with van der Waals surface area (Å²) in [6.45, 7) is 8.71. The van der Waals surface area contributed by atoms with Crippen molar-refractivity contribution in [3.63, 3.8) is 0 Å². The molecule has 1 aromatic carbocycles. The van der Waals surface area contributed by atoms with Crippen molar-refractivity contribution in [1.29, 1.82) is 0 Å². The van der Waals surface area contributed by atoms with E-state index in [4.69, 9.17) is 4.74 Å². The number of nitrogens with one attached hydrogen (secondary N) is 1. The van der Waals surface area contributed by atoms with Crippen molar-refractivity contribution in [1.82, 2.24) is 9.80 Å². The summed E-state index contributed by atoms with van der Waals surface area (Å²) in [5.41, 5.74) is 2.04. The molecule has 5 heteroatoms. The number of hydrogen-bond donors (Lipinski definition) is 1. The van der Waals surface area contributed by atoms with Crippen LogP contribution in [0.2, 0.25) is 0 Å². The van der Waals surface area contributed by atoms with Crippen molar-refractivity contribution >= 4 is 11.7 Å². The summed E-state index contributed by atoms with van der Waals surface area (Å²) in [4.78, 5) is 16.8. The lowest BCUT2D eigenvalue weighted by Gasteiger charge is -2.36. The zero-order valence-electron chi connectivity index (χ0n) is 14.0. The van der Waals surface area contributed by atoms with E-state index in [9.17, 15) is 4.79 Å². The molecule has 0 radical (unpaired) electrons. The molecule has 2 amide bonds. The lowest BCUT2D eigenvalue weighted by atomic mass is 9.96. The number of ether oxygens (including phenoxy) is 1. The predicted octanol–water partition coefficient (Wildman–Crippen LogP) is 2.57. The number of urea groups is 1. The molecule has 2 heterocycles. The van der Waals surface area contributed by atoms with E-state index in [2.05, 4.69) is 10.2 Å². The first-order valence-electron chi connectivity index (χ1n) is 8.63. The summed E-state index contributed by atoms with van der Waals surface area (Å²) in [6, 6.07) is 7.98. The van der Waals surface area contributed by atoms with Crippen molar-refractivity contribution in [3.8, 4) is 0 Å². The first-order chi connectivity index (χ1) is 11.2. The average Bonchev–Trinajstić information content (AvgIpc) is 2.56. The van der Waals surface area contributed by atoms with Crippen LogP contribution >= 0.6 is 0 Å². The fraction of sp³-hybridized carbons (Fsp3) is 0.611. The number of rotatable bonds is 3. The highest BCUT2D eigenvalue weighted by Gasteiger charge is 2.24. The molecule has 1 N–H and O–H groups in total. The van der Waals surface area contributed by atoms with E-state index in [1.165, 1.54) is 0 Å². The molecular formula is C18H27N3O2. The topological polar surface area (TPSA) is 44.8 Å². The van der Waals surface area contributed by atoms with Gasteiger partial charge in [-0.25, -0.2) is 4.79 Å². The van der Waals surface area contributed by atoms with Crippen molar-refractivity contribution in [2.24, 2.45) is 5.92 Å². The second-order valence-corrected chi connectivity index (χ2v) is 6.64. The van der Waals surface area contributed by atoms with Crippen molar-refractivity contribution in [3.05, 3.63) is 29.8 Å². The summed E-state index contributed by atoms with van der Waals surface area (Å²) < 4.78 is 5.40. The number of hydrogen-bond acceptors (Lipinski definition) is 3. The first-order valence-corrected chi connectivity index (χ1v) is 8.63. The van der Waals surface area contributed by atoms with Gasteiger partial charge in [0.25, 0.3) is 0 Å². The molecule has 0 spiro atoms. The lowest BCUT2D eigenvalue weighted by Crippen LogP contribution is -2.45. The van der Waals surface area contributed by atoms with Gasteiger partial charge in [-0.2, -0.15) is 0 Å². The number of carbonyl (C=O) groups is 1. The average molecular weight is 317 g/mol. The van der Waals surface area contributed by atoms with Gasteiger partial charge in [-0.1, -0.05) is 12.1 Å². The van der Waals surface area contributed by atoms with Gasteiger partial charge < -0.3 is 15.0 Å². The fourth-order valence-electron chi connectivity index (χ4n) is 3.39. The number of morpholine rings is 1. The standard InChI is InChI=1S/C18H27N3O2/c1-15-3-2-4-17(13-15)19-18(22)21-7-5-16(6-8-21)14-20-9-11-23-12-10-20/h2-4,13,16H,5-12,14H2,1H3,(H,19,22). The third kappa shape index (κ3) is 4.69. The molecule has 0 aliphatic carbocycles. The summed E-state index contributed by atoms with van der Waals surface area (Å²) in [6.07, 6.45) is 2.19. The summed E-state index contributed by atoms with van der Waals surface area (Å²) >= 11 is 0. The van der Waals surface area contributed by atoms with Crippen LogP contribution < -0.4 is 5.32 Å². The van der Waals surface area contributed by atoms with Crippen LogP contribution in [0.3, 0.4) is 0 Å². The Kier molecular flexibility index (Phi) is 5.51. The molecule has 0 unspecified atom stereocenters. The van der Waals surface area contributed by atoms with Crippen molar-refractivity contribution in [2.75, 3.05) is 51.3 Å². The molecule has 0 bridgehead atoms. The van der Waals surface area contributed by atoms with Crippen LogP contribution in [0, 0.1) is 12.8 Å². The molecule has 3 rings (SSSR count). The zero-order chi connectivity index (χ0) is 16.1. The molecule has 0 atom stereocenters. The minimum atomic E-state index is 0.0282. The molecule has 0 aromatic heterocycles. The molecule has 23 heavy (non-hydrogen) atoms. The minimum Gasteiger partial charge on any atom is -0.379 e. The number of piperidine rings is 1. The second-order valence-electron chi connectivity index (χ2n) is 6.64. The van der Waals surface area contributed by atoms with Gasteiger partial charge in [-0.3, -0.25) is 4.90 Å². The maximum Gasteiger partial charge on any atom is 0.321 e. The maximum atomic E-state index is 12.4. The Balaban J connectivity index is 1.43. The van der Waals surface area contributed by atoms with E-state index < -0.39 is 0 Å². The summed E-state index contributed by atoms with van der Waals surface area (Å²) in [7, 11) is 0. The summed E-state index contributed by atoms with van der Waals surface area (Å²) in [5.74, 6) is 0.705. The quantitative estimate of drug-likeness (QED) is 0.932. The van der Waals surface area contributed by atoms with Gasteiger partial charge >= 0.3 is 6.03 Å². The normalized spacial score (nSPS) is 20.5. The minimum absolute atomic E-state index is 0.0282. The van der Waals surface area contributed by atoms with Crippen LogP contribution in [0.4, 0.5) is 10.5 Å². The van der Waals surface area contributed by atoms with E-state index in [1.54, 1.807) is 0 Å². The van der Waals surface area contributed by atoms with Crippen LogP contribution in [0.25, 0.3) is 0 Å². The summed E-state index contributed by atoms with van der Waals surface area (Å²) in [5, 5.41) is 3.01. The molecule has 5 nitrogen and oxygen atoms in total. The van der Waals surface area contributed by atoms with Crippen LogP contribution in [-0.4, -0.2) is 61.8 Å². The SMILES string of the molecule is Cc1cccc(NC(=O)N2CCC(CN3CCOCC3)CC2)c1. The number of carbonyl (C=O) groups excluding carboxylic acids is 1. The lowest BCUT2D eigenvalue weighted by molar-refractivity contribution is 0.0260. The fourth-order valence-corrected chi connectivity index (χ4v) is 3.39. The number of aryl methyl sites for hydroxylation is 1. The first kappa shape index (κ1) is 16.3. The Morgan fingerprint density at radius 2 is 1.96 bits per heavy atom. The Bertz CT molecular complexity index is 521. The highest BCUT2D eigenvalue weighted by atomic mass is 16.5. The molecule has 2 fully saturated rings. The van der Waals surface area contributed by atoms with Gasteiger partial charge in [0, 0.05) is 38.4 Å². The van der Waals surface area contributed by atoms with Gasteiger partial charge in [0.15, 0.2) is 0 Å². The van der Waals surface area contributed by atoms with E-state index in [1.807, 2.05) is 36.1 Å². The van der Waals surface area contributed by atoms with Crippen LogP contribution in [-0.2, 0) is 4.74 Å². The maximum absolute atomic E-state index is 12.4. The van der Waals surface area contributed by atoms with E-state index in [-0.39, 0.29) is 6.03 Å². The highest BCUT2D eigenvalue weighted by molar-refractivity contribution is 5.89. The largest absolute Gasteiger partial charge is 0.379 e. The Morgan fingerprint density at radius 1 is 1.22 bits per heavy atom. The number of anilines is 1. The third-order valence-corrected chi connectivity index (χ3v) is 4.79. The van der Waals surface area contributed by atoms with Gasteiger partial charge in [0.2, 0.25) is 0 Å². The molecule has 2 saturated heterocycles. The molecule has 1 aromatic rings. The molecular weight excluding hydrogens is 290 g/mol. The van der Waals surface area contributed by atoms with Crippen LogP contribution in [0.1, 0.15) is 18.4 Å². The molecule has 2 aliphatic rings. The third-order valence-electron chi connectivity index (χ3n) is 4.79. The van der Waals surface area contributed by atoms with Crippen molar-refractivity contribution < 1.29 is 9.53 Å². The Labute approximate surface area is 138 Å². The van der Waals surface area contributed by atoms with Crippen LogP contribution in [0.5, 0.6) is 0 Å². The number of nitrogens with zero attached hydrogens (tertiary/aromatic N) is 2. The van der Waals surface area contributed by atoms with E-state index in [0.717, 1.165) is 70.0 Å². The van der Waals surface area contributed by atoms with Gasteiger partial charge in [-0.05, 0) is 43.4 Å². The Hall–Kier alpha value is -1.59. The highest BCUT2D eigenvalue weighted by Crippen LogP contribution is 2.20. The molecule has 2 aliphatic heterocycles. The Morgan fingerprint density at radius 3 is 2.65 bits per heavy atom.